The summed E-state index contributed by atoms with van der Waals surface area (Å²) in [6, 6.07) is 1.42. The number of nitrogens with zero attached hydrogens (tertiary/aromatic N) is 2. The van der Waals surface area contributed by atoms with Crippen molar-refractivity contribution in [1.29, 1.82) is 0 Å². The van der Waals surface area contributed by atoms with Crippen LogP contribution in [-0.2, 0) is 9.53 Å². The Morgan fingerprint density at radius 2 is 2.07 bits per heavy atom. The van der Waals surface area contributed by atoms with Gasteiger partial charge in [-0.25, -0.2) is 9.97 Å². The summed E-state index contributed by atoms with van der Waals surface area (Å²) in [7, 11) is 1.31. The van der Waals surface area contributed by atoms with E-state index in [1.165, 1.54) is 13.2 Å². The number of ether oxygens (including phenoxy) is 1. The van der Waals surface area contributed by atoms with Gasteiger partial charge in [0.2, 0.25) is 0 Å². The molecule has 0 fully saturated rings. The van der Waals surface area contributed by atoms with Crippen LogP contribution in [0.3, 0.4) is 0 Å². The minimum Gasteiger partial charge on any atom is -0.468 e. The van der Waals surface area contributed by atoms with E-state index in [2.05, 4.69) is 14.7 Å². The van der Waals surface area contributed by atoms with Crippen LogP contribution in [0.4, 0.5) is 0 Å². The molecule has 0 radical (unpaired) electrons. The van der Waals surface area contributed by atoms with Gasteiger partial charge < -0.3 is 4.74 Å². The lowest BCUT2D eigenvalue weighted by Crippen LogP contribution is -2.03. The van der Waals surface area contributed by atoms with Crippen molar-refractivity contribution in [3.8, 4) is 0 Å². The number of hydrogen-bond acceptors (Lipinski definition) is 5. The molecule has 0 aliphatic heterocycles. The zero-order valence-corrected chi connectivity index (χ0v) is 9.49. The van der Waals surface area contributed by atoms with Crippen LogP contribution < -0.4 is 0 Å². The number of carbonyl (C=O) groups excluding carboxylic acids is 1. The van der Waals surface area contributed by atoms with Gasteiger partial charge >= 0.3 is 5.97 Å². The van der Waals surface area contributed by atoms with Crippen molar-refractivity contribution in [3.63, 3.8) is 0 Å². The molecule has 1 aromatic rings. The maximum atomic E-state index is 10.8. The van der Waals surface area contributed by atoms with Gasteiger partial charge in [-0.2, -0.15) is 0 Å². The lowest BCUT2D eigenvalue weighted by atomic mass is 10.7. The van der Waals surface area contributed by atoms with Gasteiger partial charge in [0, 0.05) is 6.07 Å². The van der Waals surface area contributed by atoms with Crippen molar-refractivity contribution < 1.29 is 9.53 Å². The summed E-state index contributed by atoms with van der Waals surface area (Å²) in [6.07, 6.45) is 0. The first kappa shape index (κ1) is 11.6. The Bertz CT molecular complexity index is 328. The topological polar surface area (TPSA) is 52.1 Å². The number of halogens is 2. The first-order chi connectivity index (χ1) is 6.61. The minimum absolute atomic E-state index is 0.132. The Morgan fingerprint density at radius 1 is 1.50 bits per heavy atom. The number of rotatable bonds is 3. The van der Waals surface area contributed by atoms with E-state index in [-0.39, 0.29) is 22.0 Å². The molecule has 0 aliphatic carbocycles. The predicted octanol–water partition coefficient (Wildman–Crippen LogP) is 2.05. The third-order valence-corrected chi connectivity index (χ3v) is 2.40. The van der Waals surface area contributed by atoms with Crippen LogP contribution in [0.25, 0.3) is 0 Å². The highest BCUT2D eigenvalue weighted by Gasteiger charge is 2.06. The Balaban J connectivity index is 2.63. The molecule has 14 heavy (non-hydrogen) atoms. The lowest BCUT2D eigenvalue weighted by molar-refractivity contribution is -0.137. The summed E-state index contributed by atoms with van der Waals surface area (Å²) in [5.74, 6) is -0.220. The highest BCUT2D eigenvalue weighted by Crippen LogP contribution is 2.19. The molecule has 0 spiro atoms. The Hall–Kier alpha value is -0.520. The van der Waals surface area contributed by atoms with Gasteiger partial charge in [0.1, 0.15) is 10.3 Å². The van der Waals surface area contributed by atoms with Crippen molar-refractivity contribution in [2.75, 3.05) is 12.9 Å². The third-order valence-electron chi connectivity index (χ3n) is 1.19. The first-order valence-corrected chi connectivity index (χ1v) is 5.25. The van der Waals surface area contributed by atoms with E-state index in [9.17, 15) is 4.79 Å². The van der Waals surface area contributed by atoms with Gasteiger partial charge in [0.15, 0.2) is 5.16 Å². The molecule has 0 aliphatic rings. The fraction of sp³-hybridized carbons (Fsp3) is 0.286. The largest absolute Gasteiger partial charge is 0.468 e. The molecule has 0 aromatic carbocycles. The second-order valence-corrected chi connectivity index (χ2v) is 3.88. The number of carbonyl (C=O) groups is 1. The molecule has 4 nitrogen and oxygen atoms in total. The molecule has 0 bridgehead atoms. The summed E-state index contributed by atoms with van der Waals surface area (Å²) in [5, 5.41) is 0.850. The summed E-state index contributed by atoms with van der Waals surface area (Å²) < 4.78 is 4.45. The molecule has 0 saturated carbocycles. The van der Waals surface area contributed by atoms with E-state index < -0.39 is 0 Å². The number of aromatic nitrogens is 2. The average molecular weight is 253 g/mol. The number of methoxy groups -OCH3 is 1. The Labute approximate surface area is 95.0 Å². The molecule has 1 rings (SSSR count). The molecular weight excluding hydrogens is 247 g/mol. The second kappa shape index (κ2) is 5.38. The highest BCUT2D eigenvalue weighted by molar-refractivity contribution is 7.99. The lowest BCUT2D eigenvalue weighted by Gasteiger charge is -1.99. The SMILES string of the molecule is COC(=O)CSc1nc(Cl)cc(Cl)n1. The highest BCUT2D eigenvalue weighted by atomic mass is 35.5. The summed E-state index contributed by atoms with van der Waals surface area (Å²) in [4.78, 5) is 18.5. The zero-order chi connectivity index (χ0) is 10.6. The zero-order valence-electron chi connectivity index (χ0n) is 7.16. The van der Waals surface area contributed by atoms with Crippen LogP contribution in [0.1, 0.15) is 0 Å². The van der Waals surface area contributed by atoms with E-state index in [1.807, 2.05) is 0 Å². The molecule has 1 aromatic heterocycles. The van der Waals surface area contributed by atoms with E-state index in [0.717, 1.165) is 11.8 Å². The molecule has 76 valence electrons. The predicted molar refractivity (Wildman–Crippen MR) is 54.8 cm³/mol. The number of hydrogen-bond donors (Lipinski definition) is 0. The van der Waals surface area contributed by atoms with Gasteiger partial charge in [0.25, 0.3) is 0 Å². The van der Waals surface area contributed by atoms with Crippen LogP contribution in [0.5, 0.6) is 0 Å². The molecule has 1 heterocycles. The van der Waals surface area contributed by atoms with Crippen LogP contribution in [0.2, 0.25) is 10.3 Å². The fourth-order valence-corrected chi connectivity index (χ4v) is 1.83. The van der Waals surface area contributed by atoms with E-state index in [0.29, 0.717) is 5.16 Å². The maximum absolute atomic E-state index is 10.8. The summed E-state index contributed by atoms with van der Waals surface area (Å²) >= 11 is 12.4. The van der Waals surface area contributed by atoms with Crippen molar-refractivity contribution in [1.82, 2.24) is 9.97 Å². The van der Waals surface area contributed by atoms with Crippen LogP contribution in [0, 0.1) is 0 Å². The van der Waals surface area contributed by atoms with Crippen LogP contribution in [0.15, 0.2) is 11.2 Å². The average Bonchev–Trinajstić information content (AvgIpc) is 2.12. The minimum atomic E-state index is -0.352. The molecule has 0 N–H and O–H groups in total. The standard InChI is InChI=1S/C7H6Cl2N2O2S/c1-13-6(12)3-14-7-10-4(8)2-5(9)11-7/h2H,3H2,1H3. The fourth-order valence-electron chi connectivity index (χ4n) is 0.618. The van der Waals surface area contributed by atoms with E-state index in [1.54, 1.807) is 0 Å². The smallest absolute Gasteiger partial charge is 0.316 e. The molecular formula is C7H6Cl2N2O2S. The summed E-state index contributed by atoms with van der Waals surface area (Å²) in [6.45, 7) is 0. The Morgan fingerprint density at radius 3 is 2.57 bits per heavy atom. The normalized spacial score (nSPS) is 9.93. The van der Waals surface area contributed by atoms with Gasteiger partial charge in [-0.1, -0.05) is 35.0 Å². The van der Waals surface area contributed by atoms with Crippen LogP contribution in [-0.4, -0.2) is 28.8 Å². The maximum Gasteiger partial charge on any atom is 0.316 e. The quantitative estimate of drug-likeness (QED) is 0.357. The van der Waals surface area contributed by atoms with Gasteiger partial charge in [-0.3, -0.25) is 4.79 Å². The monoisotopic (exact) mass is 252 g/mol. The molecule has 0 atom stereocenters. The Kier molecular flexibility index (Phi) is 4.44. The third kappa shape index (κ3) is 3.69. The molecule has 7 heteroatoms. The molecule has 0 amide bonds. The van der Waals surface area contributed by atoms with Crippen LogP contribution >= 0.6 is 35.0 Å². The van der Waals surface area contributed by atoms with Crippen molar-refractivity contribution in [3.05, 3.63) is 16.4 Å². The van der Waals surface area contributed by atoms with Crippen molar-refractivity contribution in [2.45, 2.75) is 5.16 Å². The van der Waals surface area contributed by atoms with E-state index in [4.69, 9.17) is 23.2 Å². The first-order valence-electron chi connectivity index (χ1n) is 3.51. The van der Waals surface area contributed by atoms with Gasteiger partial charge in [0.05, 0.1) is 12.9 Å². The molecule has 0 saturated heterocycles. The number of esters is 1. The number of thioether (sulfide) groups is 1. The molecule has 0 unspecified atom stereocenters. The van der Waals surface area contributed by atoms with Crippen molar-refractivity contribution in [2.24, 2.45) is 0 Å². The second-order valence-electron chi connectivity index (χ2n) is 2.16. The van der Waals surface area contributed by atoms with Gasteiger partial charge in [-0.15, -0.1) is 0 Å². The van der Waals surface area contributed by atoms with Crippen molar-refractivity contribution >= 4 is 40.9 Å². The van der Waals surface area contributed by atoms with Gasteiger partial charge in [-0.05, 0) is 0 Å². The summed E-state index contributed by atoms with van der Waals surface area (Å²) in [5.41, 5.74) is 0. The van der Waals surface area contributed by atoms with E-state index >= 15 is 0 Å².